The second kappa shape index (κ2) is 13.4. The Morgan fingerprint density at radius 3 is 1.81 bits per heavy atom. The van der Waals surface area contributed by atoms with Crippen LogP contribution in [0.3, 0.4) is 0 Å². The zero-order valence-electron chi connectivity index (χ0n) is 12.5. The van der Waals surface area contributed by atoms with Gasteiger partial charge in [0, 0.05) is 18.3 Å². The molecule has 0 N–H and O–H groups in total. The van der Waals surface area contributed by atoms with Gasteiger partial charge in [0.15, 0.2) is 0 Å². The van der Waals surface area contributed by atoms with Crippen LogP contribution in [0.1, 0.15) is 67.7 Å². The predicted octanol–water partition coefficient (Wildman–Crippen LogP) is 5.22. The molecule has 1 rings (SSSR count). The van der Waals surface area contributed by atoms with Gasteiger partial charge in [-0.2, -0.15) is 0 Å². The second-order valence-corrected chi connectivity index (χ2v) is 5.60. The van der Waals surface area contributed by atoms with Gasteiger partial charge in [0.1, 0.15) is 0 Å². The Morgan fingerprint density at radius 2 is 1.50 bits per heavy atom. The van der Waals surface area contributed by atoms with Gasteiger partial charge < -0.3 is 0 Å². The molecule has 100 valence electrons. The highest BCUT2D eigenvalue weighted by atomic mass is 32.2. The van der Waals surface area contributed by atoms with Gasteiger partial charge in [0.2, 0.25) is 0 Å². The zero-order valence-corrected chi connectivity index (χ0v) is 13.4. The third-order valence-corrected chi connectivity index (χ3v) is 3.60. The Hall–Kier alpha value is 0.310. The largest absolute Gasteiger partial charge is 0.250 e. The molecule has 0 unspecified atom stereocenters. The van der Waals surface area contributed by atoms with Crippen molar-refractivity contribution in [1.82, 2.24) is 4.31 Å². The van der Waals surface area contributed by atoms with Gasteiger partial charge >= 0.3 is 0 Å². The van der Waals surface area contributed by atoms with Crippen LogP contribution < -0.4 is 0 Å². The fraction of sp³-hybridized carbons (Fsp3) is 1.00. The van der Waals surface area contributed by atoms with E-state index in [2.05, 4.69) is 25.1 Å². The fourth-order valence-electron chi connectivity index (χ4n) is 1.72. The highest BCUT2D eigenvalue weighted by Gasteiger charge is 2.18. The molecule has 0 amide bonds. The molecule has 2 heteroatoms. The van der Waals surface area contributed by atoms with Gasteiger partial charge in [0.25, 0.3) is 0 Å². The van der Waals surface area contributed by atoms with E-state index in [1.807, 2.05) is 39.6 Å². The molecule has 1 nitrogen and oxygen atoms in total. The first kappa shape index (κ1) is 18.7. The molecule has 1 fully saturated rings. The van der Waals surface area contributed by atoms with Gasteiger partial charge in [-0.1, -0.05) is 66.8 Å². The topological polar surface area (TPSA) is 3.24 Å². The molecule has 0 aliphatic carbocycles. The molecule has 1 saturated heterocycles. The molecule has 1 heterocycles. The Kier molecular flexibility index (Phi) is 15.6. The molecule has 0 bridgehead atoms. The number of hydrogen-bond donors (Lipinski definition) is 0. The highest BCUT2D eigenvalue weighted by molar-refractivity contribution is 7.97. The number of hydrogen-bond acceptors (Lipinski definition) is 2. The first-order valence-corrected chi connectivity index (χ1v) is 7.97. The molecule has 0 radical (unpaired) electrons. The van der Waals surface area contributed by atoms with Crippen LogP contribution in [0.15, 0.2) is 0 Å². The molecular weight excluding hydrogens is 214 g/mol. The van der Waals surface area contributed by atoms with Crippen molar-refractivity contribution in [3.8, 4) is 0 Å². The lowest BCUT2D eigenvalue weighted by Crippen LogP contribution is -2.29. The summed E-state index contributed by atoms with van der Waals surface area (Å²) < 4.78 is 2.54. The van der Waals surface area contributed by atoms with E-state index in [1.54, 1.807) is 0 Å². The smallest absolute Gasteiger partial charge is 0.0138 e. The number of piperidine rings is 1. The van der Waals surface area contributed by atoms with Crippen LogP contribution in [0.25, 0.3) is 0 Å². The summed E-state index contributed by atoms with van der Waals surface area (Å²) in [5.41, 5.74) is 0. The Labute approximate surface area is 109 Å². The molecule has 1 aliphatic rings. The zero-order chi connectivity index (χ0) is 13.0. The van der Waals surface area contributed by atoms with Crippen LogP contribution >= 0.6 is 11.9 Å². The Balaban J connectivity index is 0. The quantitative estimate of drug-likeness (QED) is 0.629. The van der Waals surface area contributed by atoms with Crippen molar-refractivity contribution < 1.29 is 0 Å². The summed E-state index contributed by atoms with van der Waals surface area (Å²) in [5.74, 6) is 1.01. The standard InChI is InChI=1S/C10H21NS.2C2H6/c1-4-10-5-7-11(8-6-10)12-9(2)3;2*1-2/h9-10H,4-8H2,1-3H3;2*1-2H3. The second-order valence-electron chi connectivity index (χ2n) is 3.93. The van der Waals surface area contributed by atoms with E-state index in [9.17, 15) is 0 Å². The van der Waals surface area contributed by atoms with Crippen LogP contribution in [0.4, 0.5) is 0 Å². The van der Waals surface area contributed by atoms with E-state index < -0.39 is 0 Å². The molecule has 0 aromatic carbocycles. The maximum atomic E-state index is 2.54. The highest BCUT2D eigenvalue weighted by Crippen LogP contribution is 2.26. The van der Waals surface area contributed by atoms with Crippen molar-refractivity contribution in [1.29, 1.82) is 0 Å². The first-order chi connectivity index (χ1) is 7.72. The maximum Gasteiger partial charge on any atom is 0.0138 e. The monoisotopic (exact) mass is 247 g/mol. The summed E-state index contributed by atoms with van der Waals surface area (Å²) in [7, 11) is 0. The van der Waals surface area contributed by atoms with E-state index >= 15 is 0 Å². The third kappa shape index (κ3) is 9.53. The fourth-order valence-corrected chi connectivity index (χ4v) is 2.74. The third-order valence-electron chi connectivity index (χ3n) is 2.51. The number of nitrogens with zero attached hydrogens (tertiary/aromatic N) is 1. The molecule has 0 aromatic heterocycles. The molecule has 0 aromatic rings. The van der Waals surface area contributed by atoms with Gasteiger partial charge in [-0.05, 0) is 18.8 Å². The molecule has 16 heavy (non-hydrogen) atoms. The molecule has 0 saturated carbocycles. The Bertz CT molecular complexity index is 118. The van der Waals surface area contributed by atoms with Crippen molar-refractivity contribution in [2.75, 3.05) is 13.1 Å². The van der Waals surface area contributed by atoms with Crippen molar-refractivity contribution in [2.45, 2.75) is 73.0 Å². The number of rotatable bonds is 3. The minimum atomic E-state index is 0.753. The summed E-state index contributed by atoms with van der Waals surface area (Å²) >= 11 is 2.02. The van der Waals surface area contributed by atoms with Gasteiger partial charge in [0.05, 0.1) is 0 Å². The van der Waals surface area contributed by atoms with E-state index in [0.29, 0.717) is 0 Å². The SMILES string of the molecule is CC.CC.CCC1CCN(SC(C)C)CC1. The van der Waals surface area contributed by atoms with Crippen LogP contribution in [-0.2, 0) is 0 Å². The van der Waals surface area contributed by atoms with Gasteiger partial charge in [-0.15, -0.1) is 0 Å². The predicted molar refractivity (Wildman–Crippen MR) is 80.0 cm³/mol. The van der Waals surface area contributed by atoms with Gasteiger partial charge in [-0.3, -0.25) is 4.31 Å². The van der Waals surface area contributed by atoms with Gasteiger partial charge in [-0.25, -0.2) is 0 Å². The summed E-state index contributed by atoms with van der Waals surface area (Å²) in [5, 5.41) is 0.753. The first-order valence-electron chi connectivity index (χ1n) is 7.14. The molecule has 0 atom stereocenters. The van der Waals surface area contributed by atoms with Crippen LogP contribution in [0.5, 0.6) is 0 Å². The minimum absolute atomic E-state index is 0.753. The van der Waals surface area contributed by atoms with Crippen molar-refractivity contribution >= 4 is 11.9 Å². The van der Waals surface area contributed by atoms with E-state index in [-0.39, 0.29) is 0 Å². The minimum Gasteiger partial charge on any atom is -0.250 e. The van der Waals surface area contributed by atoms with Crippen LogP contribution in [0.2, 0.25) is 0 Å². The summed E-state index contributed by atoms with van der Waals surface area (Å²) in [6.45, 7) is 17.5. The van der Waals surface area contributed by atoms with E-state index in [0.717, 1.165) is 11.2 Å². The average Bonchev–Trinajstić information content (AvgIpc) is 2.34. The van der Waals surface area contributed by atoms with Crippen molar-refractivity contribution in [2.24, 2.45) is 5.92 Å². The molecule has 0 spiro atoms. The van der Waals surface area contributed by atoms with Crippen LogP contribution in [-0.4, -0.2) is 22.6 Å². The lowest BCUT2D eigenvalue weighted by atomic mass is 9.96. The lowest BCUT2D eigenvalue weighted by Gasteiger charge is -2.31. The Morgan fingerprint density at radius 1 is 1.06 bits per heavy atom. The lowest BCUT2D eigenvalue weighted by molar-refractivity contribution is 0.285. The summed E-state index contributed by atoms with van der Waals surface area (Å²) in [6.07, 6.45) is 4.20. The molecule has 1 aliphatic heterocycles. The maximum absolute atomic E-state index is 2.54. The summed E-state index contributed by atoms with van der Waals surface area (Å²) in [6, 6.07) is 0. The van der Waals surface area contributed by atoms with Crippen LogP contribution in [0, 0.1) is 5.92 Å². The van der Waals surface area contributed by atoms with Crippen molar-refractivity contribution in [3.63, 3.8) is 0 Å². The molecular formula is C14H33NS. The normalized spacial score (nSPS) is 17.2. The van der Waals surface area contributed by atoms with E-state index in [1.165, 1.54) is 32.4 Å². The average molecular weight is 247 g/mol. The van der Waals surface area contributed by atoms with E-state index in [4.69, 9.17) is 0 Å². The summed E-state index contributed by atoms with van der Waals surface area (Å²) in [4.78, 5) is 0. The van der Waals surface area contributed by atoms with Crippen molar-refractivity contribution in [3.05, 3.63) is 0 Å².